The third-order valence-electron chi connectivity index (χ3n) is 1.33. The summed E-state index contributed by atoms with van der Waals surface area (Å²) in [7, 11) is 1.85. The summed E-state index contributed by atoms with van der Waals surface area (Å²) < 4.78 is 10.1. The molecule has 0 aliphatic heterocycles. The second kappa shape index (κ2) is 12.6. The Kier molecular flexibility index (Phi) is 14.5. The number of halogens is 1. The van der Waals surface area contributed by atoms with E-state index in [9.17, 15) is 4.79 Å². The summed E-state index contributed by atoms with van der Waals surface area (Å²) in [5.74, 6) is -0.837. The van der Waals surface area contributed by atoms with Gasteiger partial charge in [-0.05, 0) is 7.05 Å². The lowest BCUT2D eigenvalue weighted by atomic mass is 10.5. The van der Waals surface area contributed by atoms with Crippen LogP contribution in [0.25, 0.3) is 0 Å². The number of hydrogen-bond donors (Lipinski definition) is 2. The SMILES string of the molecule is CNCCOCCOCCC(=O)O.Cl. The summed E-state index contributed by atoms with van der Waals surface area (Å²) in [6.07, 6.45) is 0.0521. The average Bonchev–Trinajstić information content (AvgIpc) is 2.09. The molecule has 86 valence electrons. The topological polar surface area (TPSA) is 67.8 Å². The molecule has 0 aromatic rings. The Morgan fingerprint density at radius 3 is 2.29 bits per heavy atom. The predicted octanol–water partition coefficient (Wildman–Crippen LogP) is 0.135. The summed E-state index contributed by atoms with van der Waals surface area (Å²) in [6.45, 7) is 2.69. The molecule has 0 fully saturated rings. The normalized spacial score (nSPS) is 9.50. The van der Waals surface area contributed by atoms with Gasteiger partial charge in [-0.3, -0.25) is 4.79 Å². The highest BCUT2D eigenvalue weighted by Gasteiger charge is 1.95. The summed E-state index contributed by atoms with van der Waals surface area (Å²) >= 11 is 0. The minimum atomic E-state index is -0.837. The fourth-order valence-electron chi connectivity index (χ4n) is 0.656. The highest BCUT2D eigenvalue weighted by molar-refractivity contribution is 5.85. The van der Waals surface area contributed by atoms with Crippen molar-refractivity contribution in [1.82, 2.24) is 5.32 Å². The van der Waals surface area contributed by atoms with Crippen molar-refractivity contribution < 1.29 is 19.4 Å². The maximum absolute atomic E-state index is 10.1. The van der Waals surface area contributed by atoms with E-state index in [4.69, 9.17) is 14.6 Å². The monoisotopic (exact) mass is 227 g/mol. The third kappa shape index (κ3) is 14.2. The largest absolute Gasteiger partial charge is 0.481 e. The quantitative estimate of drug-likeness (QED) is 0.549. The van der Waals surface area contributed by atoms with Gasteiger partial charge in [0.1, 0.15) is 0 Å². The van der Waals surface area contributed by atoms with Gasteiger partial charge in [0.25, 0.3) is 0 Å². The smallest absolute Gasteiger partial charge is 0.305 e. The lowest BCUT2D eigenvalue weighted by Gasteiger charge is -2.03. The van der Waals surface area contributed by atoms with E-state index in [-0.39, 0.29) is 25.4 Å². The van der Waals surface area contributed by atoms with Gasteiger partial charge in [0.05, 0.1) is 32.8 Å². The average molecular weight is 228 g/mol. The van der Waals surface area contributed by atoms with Crippen LogP contribution in [-0.4, -0.2) is 51.1 Å². The molecule has 0 atom stereocenters. The van der Waals surface area contributed by atoms with Gasteiger partial charge < -0.3 is 19.9 Å². The zero-order valence-corrected chi connectivity index (χ0v) is 9.14. The van der Waals surface area contributed by atoms with Crippen LogP contribution >= 0.6 is 12.4 Å². The molecule has 0 aliphatic carbocycles. The first-order valence-corrected chi connectivity index (χ1v) is 4.29. The second-order valence-electron chi connectivity index (χ2n) is 2.47. The number of hydrogen-bond acceptors (Lipinski definition) is 4. The van der Waals surface area contributed by atoms with E-state index >= 15 is 0 Å². The summed E-state index contributed by atoms with van der Waals surface area (Å²) in [4.78, 5) is 10.1. The fourth-order valence-corrected chi connectivity index (χ4v) is 0.656. The number of carboxylic acid groups (broad SMARTS) is 1. The third-order valence-corrected chi connectivity index (χ3v) is 1.33. The molecule has 0 heterocycles. The summed E-state index contributed by atoms with van der Waals surface area (Å²) in [6, 6.07) is 0. The lowest BCUT2D eigenvalue weighted by molar-refractivity contribution is -0.138. The zero-order chi connectivity index (χ0) is 9.94. The molecule has 0 unspecified atom stereocenters. The minimum absolute atomic E-state index is 0. The number of aliphatic carboxylic acids is 1. The molecular formula is C8H18ClNO4. The molecule has 0 saturated carbocycles. The molecule has 0 rings (SSSR count). The van der Waals surface area contributed by atoms with E-state index in [1.165, 1.54) is 0 Å². The van der Waals surface area contributed by atoms with Crippen LogP contribution < -0.4 is 5.32 Å². The molecule has 2 N–H and O–H groups in total. The van der Waals surface area contributed by atoms with E-state index in [2.05, 4.69) is 5.32 Å². The van der Waals surface area contributed by atoms with Crippen LogP contribution in [0.15, 0.2) is 0 Å². The Labute approximate surface area is 90.2 Å². The van der Waals surface area contributed by atoms with Crippen molar-refractivity contribution in [3.05, 3.63) is 0 Å². The molecule has 0 aromatic carbocycles. The Hall–Kier alpha value is -0.360. The molecule has 0 radical (unpaired) electrons. The molecule has 0 saturated heterocycles. The van der Waals surface area contributed by atoms with Crippen LogP contribution in [0.4, 0.5) is 0 Å². The Morgan fingerprint density at radius 1 is 1.21 bits per heavy atom. The van der Waals surface area contributed by atoms with Crippen molar-refractivity contribution in [2.24, 2.45) is 0 Å². The van der Waals surface area contributed by atoms with Crippen LogP contribution in [-0.2, 0) is 14.3 Å². The maximum Gasteiger partial charge on any atom is 0.305 e. The van der Waals surface area contributed by atoms with Gasteiger partial charge in [-0.2, -0.15) is 0 Å². The Bertz CT molecular complexity index is 135. The van der Waals surface area contributed by atoms with Crippen molar-refractivity contribution in [2.45, 2.75) is 6.42 Å². The van der Waals surface area contributed by atoms with Gasteiger partial charge in [0, 0.05) is 6.54 Å². The highest BCUT2D eigenvalue weighted by atomic mass is 35.5. The van der Waals surface area contributed by atoms with Crippen LogP contribution in [0.5, 0.6) is 0 Å². The number of nitrogens with one attached hydrogen (secondary N) is 1. The standard InChI is InChI=1S/C8H17NO4.ClH/c1-9-3-5-13-7-6-12-4-2-8(10)11;/h9H,2-7H2,1H3,(H,10,11);1H. The Morgan fingerprint density at radius 2 is 1.79 bits per heavy atom. The molecule has 0 aromatic heterocycles. The number of likely N-dealkylation sites (N-methyl/N-ethyl adjacent to an activating group) is 1. The second-order valence-corrected chi connectivity index (χ2v) is 2.47. The summed E-state index contributed by atoms with van der Waals surface area (Å²) in [5.41, 5.74) is 0. The molecular weight excluding hydrogens is 210 g/mol. The summed E-state index contributed by atoms with van der Waals surface area (Å²) in [5, 5.41) is 11.2. The zero-order valence-electron chi connectivity index (χ0n) is 8.32. The first-order valence-electron chi connectivity index (χ1n) is 4.29. The van der Waals surface area contributed by atoms with Crippen molar-refractivity contribution in [2.75, 3.05) is 40.0 Å². The van der Waals surface area contributed by atoms with Crippen LogP contribution in [0.1, 0.15) is 6.42 Å². The number of rotatable bonds is 9. The molecule has 14 heavy (non-hydrogen) atoms. The molecule has 0 bridgehead atoms. The molecule has 5 nitrogen and oxygen atoms in total. The predicted molar refractivity (Wildman–Crippen MR) is 55.1 cm³/mol. The molecule has 0 amide bonds. The van der Waals surface area contributed by atoms with Crippen molar-refractivity contribution in [3.8, 4) is 0 Å². The number of carbonyl (C=O) groups is 1. The molecule has 0 aliphatic rings. The first kappa shape index (κ1) is 16.1. The van der Waals surface area contributed by atoms with Gasteiger partial charge in [0.2, 0.25) is 0 Å². The van der Waals surface area contributed by atoms with Gasteiger partial charge in [-0.25, -0.2) is 0 Å². The van der Waals surface area contributed by atoms with E-state index in [1.807, 2.05) is 7.05 Å². The van der Waals surface area contributed by atoms with Gasteiger partial charge in [-0.1, -0.05) is 0 Å². The minimum Gasteiger partial charge on any atom is -0.481 e. The van der Waals surface area contributed by atoms with Crippen LogP contribution in [0.3, 0.4) is 0 Å². The molecule has 0 spiro atoms. The van der Waals surface area contributed by atoms with E-state index < -0.39 is 5.97 Å². The van der Waals surface area contributed by atoms with Gasteiger partial charge >= 0.3 is 5.97 Å². The first-order chi connectivity index (χ1) is 6.27. The molecule has 6 heteroatoms. The highest BCUT2D eigenvalue weighted by Crippen LogP contribution is 1.83. The van der Waals surface area contributed by atoms with Gasteiger partial charge in [-0.15, -0.1) is 12.4 Å². The van der Waals surface area contributed by atoms with Gasteiger partial charge in [0.15, 0.2) is 0 Å². The van der Waals surface area contributed by atoms with Crippen molar-refractivity contribution >= 4 is 18.4 Å². The Balaban J connectivity index is 0. The van der Waals surface area contributed by atoms with E-state index in [0.717, 1.165) is 6.54 Å². The fraction of sp³-hybridized carbons (Fsp3) is 0.875. The van der Waals surface area contributed by atoms with Crippen LogP contribution in [0.2, 0.25) is 0 Å². The van der Waals surface area contributed by atoms with Crippen molar-refractivity contribution in [1.29, 1.82) is 0 Å². The van der Waals surface area contributed by atoms with E-state index in [1.54, 1.807) is 0 Å². The number of carboxylic acids is 1. The lowest BCUT2D eigenvalue weighted by Crippen LogP contribution is -2.16. The maximum atomic E-state index is 10.1. The van der Waals surface area contributed by atoms with Crippen molar-refractivity contribution in [3.63, 3.8) is 0 Å². The van der Waals surface area contributed by atoms with E-state index in [0.29, 0.717) is 19.8 Å². The number of ether oxygens (including phenoxy) is 2. The van der Waals surface area contributed by atoms with Crippen LogP contribution in [0, 0.1) is 0 Å².